The van der Waals surface area contributed by atoms with E-state index < -0.39 is 5.97 Å². The summed E-state index contributed by atoms with van der Waals surface area (Å²) in [4.78, 5) is 15.0. The predicted molar refractivity (Wildman–Crippen MR) is 50.2 cm³/mol. The molecule has 0 aliphatic rings. The van der Waals surface area contributed by atoms with Crippen LogP contribution in [-0.4, -0.2) is 25.8 Å². The molecule has 0 spiro atoms. The summed E-state index contributed by atoms with van der Waals surface area (Å²) < 4.78 is 1.44. The van der Waals surface area contributed by atoms with Crippen LogP contribution in [0.4, 0.5) is 0 Å². The summed E-state index contributed by atoms with van der Waals surface area (Å²) in [5.74, 6) is -0.970. The number of hydrogen-bond donors (Lipinski definition) is 1. The molecular formula is C9H9N3O2. The Morgan fingerprint density at radius 1 is 1.64 bits per heavy atom. The van der Waals surface area contributed by atoms with E-state index in [-0.39, 0.29) is 5.69 Å². The topological polar surface area (TPSA) is 68.0 Å². The molecule has 2 heterocycles. The molecule has 0 aliphatic carbocycles. The Kier molecular flexibility index (Phi) is 1.92. The number of rotatable bonds is 2. The number of aryl methyl sites for hydroxylation is 1. The van der Waals surface area contributed by atoms with E-state index in [2.05, 4.69) is 10.1 Å². The molecule has 0 amide bonds. The van der Waals surface area contributed by atoms with Gasteiger partial charge in [-0.05, 0) is 19.1 Å². The number of fused-ring (bicyclic) bond motifs is 1. The number of aromatic nitrogens is 3. The molecule has 2 aromatic heterocycles. The van der Waals surface area contributed by atoms with Gasteiger partial charge < -0.3 is 5.11 Å². The lowest BCUT2D eigenvalue weighted by atomic mass is 10.2. The zero-order valence-corrected chi connectivity index (χ0v) is 7.64. The van der Waals surface area contributed by atoms with Gasteiger partial charge in [0.25, 0.3) is 0 Å². The largest absolute Gasteiger partial charge is 0.477 e. The van der Waals surface area contributed by atoms with Gasteiger partial charge in [-0.1, -0.05) is 0 Å². The van der Waals surface area contributed by atoms with Crippen LogP contribution in [0.2, 0.25) is 0 Å². The smallest absolute Gasteiger partial charge is 0.354 e. The Hall–Kier alpha value is -1.91. The fourth-order valence-electron chi connectivity index (χ4n) is 1.42. The summed E-state index contributed by atoms with van der Waals surface area (Å²) in [7, 11) is 0. The van der Waals surface area contributed by atoms with Gasteiger partial charge in [-0.15, -0.1) is 0 Å². The van der Waals surface area contributed by atoms with Gasteiger partial charge in [-0.2, -0.15) is 5.10 Å². The van der Waals surface area contributed by atoms with E-state index in [1.807, 2.05) is 6.92 Å². The summed E-state index contributed by atoms with van der Waals surface area (Å²) in [6, 6.07) is 3.42. The summed E-state index contributed by atoms with van der Waals surface area (Å²) in [5, 5.41) is 13.7. The average Bonchev–Trinajstić information content (AvgIpc) is 2.55. The van der Waals surface area contributed by atoms with Crippen molar-refractivity contribution < 1.29 is 9.90 Å². The molecule has 1 N–H and O–H groups in total. The van der Waals surface area contributed by atoms with Crippen molar-refractivity contribution in [1.82, 2.24) is 14.8 Å². The maximum atomic E-state index is 11.0. The molecule has 2 rings (SSSR count). The number of carboxylic acid groups (broad SMARTS) is 1. The molecule has 0 aliphatic heterocycles. The fraction of sp³-hybridized carbons (Fsp3) is 0.222. The standard InChI is InChI=1S/C9H9N3O2/c1-2-12-7(9(13)14)6-4-3-5-10-8(6)11-12/h3-5H,2H2,1H3,(H,13,14). The van der Waals surface area contributed by atoms with Gasteiger partial charge in [0.2, 0.25) is 0 Å². The number of carboxylic acids is 1. The first-order chi connectivity index (χ1) is 6.74. The molecule has 0 unspecified atom stereocenters. The van der Waals surface area contributed by atoms with Crippen LogP contribution < -0.4 is 0 Å². The van der Waals surface area contributed by atoms with Gasteiger partial charge in [0, 0.05) is 12.7 Å². The summed E-state index contributed by atoms with van der Waals surface area (Å²) >= 11 is 0. The minimum Gasteiger partial charge on any atom is -0.477 e. The zero-order valence-electron chi connectivity index (χ0n) is 7.64. The maximum Gasteiger partial charge on any atom is 0.354 e. The van der Waals surface area contributed by atoms with Crippen molar-refractivity contribution in [3.63, 3.8) is 0 Å². The van der Waals surface area contributed by atoms with Gasteiger partial charge in [0.05, 0.1) is 5.39 Å². The summed E-state index contributed by atoms with van der Waals surface area (Å²) in [6.45, 7) is 2.37. The highest BCUT2D eigenvalue weighted by atomic mass is 16.4. The van der Waals surface area contributed by atoms with Crippen LogP contribution in [0, 0.1) is 0 Å². The van der Waals surface area contributed by atoms with Crippen molar-refractivity contribution in [2.24, 2.45) is 0 Å². The molecule has 0 radical (unpaired) electrons. The first-order valence-electron chi connectivity index (χ1n) is 4.29. The number of pyridine rings is 1. The minimum atomic E-state index is -0.970. The molecule has 72 valence electrons. The average molecular weight is 191 g/mol. The third-order valence-corrected chi connectivity index (χ3v) is 2.02. The van der Waals surface area contributed by atoms with E-state index in [1.54, 1.807) is 18.3 Å². The molecule has 0 atom stereocenters. The first-order valence-corrected chi connectivity index (χ1v) is 4.29. The van der Waals surface area contributed by atoms with Crippen LogP contribution >= 0.6 is 0 Å². The van der Waals surface area contributed by atoms with Crippen molar-refractivity contribution >= 4 is 17.0 Å². The number of aromatic carboxylic acids is 1. The van der Waals surface area contributed by atoms with Crippen molar-refractivity contribution in [3.05, 3.63) is 24.0 Å². The number of hydrogen-bond acceptors (Lipinski definition) is 3. The number of nitrogens with zero attached hydrogens (tertiary/aromatic N) is 3. The van der Waals surface area contributed by atoms with Crippen LogP contribution in [0.5, 0.6) is 0 Å². The Balaban J connectivity index is 2.81. The monoisotopic (exact) mass is 191 g/mol. The normalized spacial score (nSPS) is 10.6. The van der Waals surface area contributed by atoms with Crippen LogP contribution in [0.15, 0.2) is 18.3 Å². The third kappa shape index (κ3) is 1.14. The lowest BCUT2D eigenvalue weighted by Crippen LogP contribution is -2.08. The van der Waals surface area contributed by atoms with E-state index in [0.29, 0.717) is 17.6 Å². The highest BCUT2D eigenvalue weighted by Crippen LogP contribution is 2.15. The quantitative estimate of drug-likeness (QED) is 0.773. The van der Waals surface area contributed by atoms with Gasteiger partial charge in [-0.25, -0.2) is 9.78 Å². The number of carbonyl (C=O) groups is 1. The minimum absolute atomic E-state index is 0.204. The second-order valence-electron chi connectivity index (χ2n) is 2.84. The first kappa shape index (κ1) is 8.68. The summed E-state index contributed by atoms with van der Waals surface area (Å²) in [6.07, 6.45) is 1.60. The predicted octanol–water partition coefficient (Wildman–Crippen LogP) is 1.15. The molecule has 14 heavy (non-hydrogen) atoms. The second kappa shape index (κ2) is 3.10. The van der Waals surface area contributed by atoms with Crippen molar-refractivity contribution in [2.45, 2.75) is 13.5 Å². The van der Waals surface area contributed by atoms with E-state index >= 15 is 0 Å². The second-order valence-corrected chi connectivity index (χ2v) is 2.84. The van der Waals surface area contributed by atoms with E-state index in [0.717, 1.165) is 0 Å². The molecule has 0 bridgehead atoms. The van der Waals surface area contributed by atoms with Crippen molar-refractivity contribution in [1.29, 1.82) is 0 Å². The Labute approximate surface area is 80.0 Å². The van der Waals surface area contributed by atoms with Gasteiger partial charge in [0.15, 0.2) is 11.3 Å². The molecule has 0 aromatic carbocycles. The van der Waals surface area contributed by atoms with Crippen LogP contribution in [-0.2, 0) is 6.54 Å². The van der Waals surface area contributed by atoms with E-state index in [4.69, 9.17) is 5.11 Å². The van der Waals surface area contributed by atoms with Gasteiger partial charge >= 0.3 is 5.97 Å². The molecular weight excluding hydrogens is 182 g/mol. The summed E-state index contributed by atoms with van der Waals surface area (Å²) in [5.41, 5.74) is 0.683. The highest BCUT2D eigenvalue weighted by molar-refractivity contribution is 6.00. The third-order valence-electron chi connectivity index (χ3n) is 2.02. The lowest BCUT2D eigenvalue weighted by molar-refractivity contribution is 0.0685. The zero-order chi connectivity index (χ0) is 10.1. The Morgan fingerprint density at radius 2 is 2.43 bits per heavy atom. The van der Waals surface area contributed by atoms with Crippen molar-refractivity contribution in [2.75, 3.05) is 0 Å². The SMILES string of the molecule is CCn1nc2ncccc2c1C(=O)O. The lowest BCUT2D eigenvalue weighted by Gasteiger charge is -1.97. The van der Waals surface area contributed by atoms with Crippen molar-refractivity contribution in [3.8, 4) is 0 Å². The molecule has 5 nitrogen and oxygen atoms in total. The van der Waals surface area contributed by atoms with Gasteiger partial charge in [-0.3, -0.25) is 4.68 Å². The van der Waals surface area contributed by atoms with Crippen LogP contribution in [0.25, 0.3) is 11.0 Å². The molecule has 5 heteroatoms. The Morgan fingerprint density at radius 3 is 3.07 bits per heavy atom. The molecule has 2 aromatic rings. The Bertz CT molecular complexity index is 490. The fourth-order valence-corrected chi connectivity index (χ4v) is 1.42. The molecule has 0 saturated heterocycles. The molecule has 0 fully saturated rings. The van der Waals surface area contributed by atoms with Gasteiger partial charge in [0.1, 0.15) is 0 Å². The molecule has 0 saturated carbocycles. The van der Waals surface area contributed by atoms with E-state index in [9.17, 15) is 4.79 Å². The van der Waals surface area contributed by atoms with E-state index in [1.165, 1.54) is 4.68 Å². The van der Waals surface area contributed by atoms with Crippen LogP contribution in [0.1, 0.15) is 17.4 Å². The van der Waals surface area contributed by atoms with Crippen LogP contribution in [0.3, 0.4) is 0 Å². The highest BCUT2D eigenvalue weighted by Gasteiger charge is 2.16. The maximum absolute atomic E-state index is 11.0.